The fraction of sp³-hybridized carbons (Fsp3) is 0.278. The fourth-order valence-electron chi connectivity index (χ4n) is 2.70. The molecule has 1 amide bonds. The summed E-state index contributed by atoms with van der Waals surface area (Å²) in [5.41, 5.74) is 1.02. The number of carbonyl (C=O) groups excluding carboxylic acids is 1. The highest BCUT2D eigenvalue weighted by Gasteiger charge is 2.31. The number of amides is 1. The van der Waals surface area contributed by atoms with Gasteiger partial charge in [-0.2, -0.15) is 0 Å². The van der Waals surface area contributed by atoms with Crippen LogP contribution in [0.15, 0.2) is 60.7 Å². The monoisotopic (exact) mass is 329 g/mol. The largest absolute Gasteiger partial charge is 0.484 e. The molecular formula is C18H19NO3S. The second-order valence-corrected chi connectivity index (χ2v) is 7.05. The SMILES string of the molecule is O=C(COc1ccccc1)N1CC[S@@](=O)C[C@@H]1c1ccccc1. The first-order valence-corrected chi connectivity index (χ1v) is 9.10. The van der Waals surface area contributed by atoms with Crippen molar-refractivity contribution >= 4 is 16.7 Å². The van der Waals surface area contributed by atoms with Crippen molar-refractivity contribution in [2.24, 2.45) is 0 Å². The van der Waals surface area contributed by atoms with Crippen LogP contribution in [-0.2, 0) is 15.6 Å². The number of carbonyl (C=O) groups is 1. The van der Waals surface area contributed by atoms with Gasteiger partial charge in [-0.3, -0.25) is 9.00 Å². The summed E-state index contributed by atoms with van der Waals surface area (Å²) < 4.78 is 17.5. The minimum atomic E-state index is -0.883. The summed E-state index contributed by atoms with van der Waals surface area (Å²) in [7, 11) is -0.883. The molecule has 3 rings (SSSR count). The number of nitrogens with zero attached hydrogens (tertiary/aromatic N) is 1. The first-order chi connectivity index (χ1) is 11.2. The Bertz CT molecular complexity index is 675. The van der Waals surface area contributed by atoms with Gasteiger partial charge in [-0.25, -0.2) is 0 Å². The van der Waals surface area contributed by atoms with Gasteiger partial charge < -0.3 is 9.64 Å². The third-order valence-corrected chi connectivity index (χ3v) is 5.22. The first-order valence-electron chi connectivity index (χ1n) is 7.61. The molecule has 2 aromatic rings. The summed E-state index contributed by atoms with van der Waals surface area (Å²) in [5.74, 6) is 1.62. The van der Waals surface area contributed by atoms with Gasteiger partial charge in [0.1, 0.15) is 5.75 Å². The van der Waals surface area contributed by atoms with Crippen LogP contribution in [0, 0.1) is 0 Å². The molecule has 2 atom stereocenters. The maximum absolute atomic E-state index is 12.6. The van der Waals surface area contributed by atoms with Gasteiger partial charge in [-0.1, -0.05) is 48.5 Å². The minimum Gasteiger partial charge on any atom is -0.484 e. The number of para-hydroxylation sites is 1. The van der Waals surface area contributed by atoms with Crippen LogP contribution in [0.3, 0.4) is 0 Å². The van der Waals surface area contributed by atoms with Crippen LogP contribution in [0.2, 0.25) is 0 Å². The third kappa shape index (κ3) is 3.99. The van der Waals surface area contributed by atoms with E-state index >= 15 is 0 Å². The molecule has 0 bridgehead atoms. The molecule has 0 saturated carbocycles. The Hall–Kier alpha value is -2.14. The normalized spacial score (nSPS) is 21.0. The molecule has 0 unspecified atom stereocenters. The Morgan fingerprint density at radius 1 is 1.09 bits per heavy atom. The molecule has 4 nitrogen and oxygen atoms in total. The summed E-state index contributed by atoms with van der Waals surface area (Å²) >= 11 is 0. The molecule has 5 heteroatoms. The van der Waals surface area contributed by atoms with Crippen molar-refractivity contribution in [2.45, 2.75) is 6.04 Å². The molecule has 0 spiro atoms. The van der Waals surface area contributed by atoms with E-state index in [0.29, 0.717) is 23.8 Å². The van der Waals surface area contributed by atoms with Crippen molar-refractivity contribution < 1.29 is 13.7 Å². The summed E-state index contributed by atoms with van der Waals surface area (Å²) in [6.45, 7) is 0.503. The number of hydrogen-bond acceptors (Lipinski definition) is 3. The van der Waals surface area contributed by atoms with Crippen molar-refractivity contribution in [2.75, 3.05) is 24.7 Å². The standard InChI is InChI=1S/C18H19NO3S/c20-18(13-22-16-9-5-2-6-10-16)19-11-12-23(21)14-17(19)15-7-3-1-4-8-15/h1-10,17H,11-14H2/t17-,23-/m1/s1. The quantitative estimate of drug-likeness (QED) is 0.865. The molecule has 120 valence electrons. The van der Waals surface area contributed by atoms with Crippen LogP contribution < -0.4 is 4.74 Å². The van der Waals surface area contributed by atoms with Crippen molar-refractivity contribution in [1.82, 2.24) is 4.90 Å². The Kier molecular flexibility index (Phi) is 5.08. The number of ether oxygens (including phenoxy) is 1. The number of rotatable bonds is 4. The molecule has 1 saturated heterocycles. The van der Waals surface area contributed by atoms with Crippen LogP contribution in [0.4, 0.5) is 0 Å². The van der Waals surface area contributed by atoms with Crippen molar-refractivity contribution in [1.29, 1.82) is 0 Å². The maximum atomic E-state index is 12.6. The molecule has 1 heterocycles. The Morgan fingerprint density at radius 2 is 1.74 bits per heavy atom. The van der Waals surface area contributed by atoms with Gasteiger partial charge in [-0.15, -0.1) is 0 Å². The predicted molar refractivity (Wildman–Crippen MR) is 90.7 cm³/mol. The molecule has 0 aromatic heterocycles. The second-order valence-electron chi connectivity index (χ2n) is 5.43. The second kappa shape index (κ2) is 7.42. The molecule has 0 radical (unpaired) electrons. The van der Waals surface area contributed by atoms with Crippen molar-refractivity contribution in [3.8, 4) is 5.75 Å². The summed E-state index contributed by atoms with van der Waals surface area (Å²) in [6, 6.07) is 18.9. The zero-order chi connectivity index (χ0) is 16.1. The van der Waals surface area contributed by atoms with E-state index in [0.717, 1.165) is 5.56 Å². The van der Waals surface area contributed by atoms with Gasteiger partial charge in [0.2, 0.25) is 0 Å². The highest BCUT2D eigenvalue weighted by molar-refractivity contribution is 7.85. The molecular weight excluding hydrogens is 310 g/mol. The lowest BCUT2D eigenvalue weighted by molar-refractivity contribution is -0.135. The van der Waals surface area contributed by atoms with Gasteiger partial charge in [0.15, 0.2) is 6.61 Å². The molecule has 1 aliphatic rings. The molecule has 23 heavy (non-hydrogen) atoms. The topological polar surface area (TPSA) is 46.6 Å². The average molecular weight is 329 g/mol. The fourth-order valence-corrected chi connectivity index (χ4v) is 3.99. The van der Waals surface area contributed by atoms with E-state index in [9.17, 15) is 9.00 Å². The molecule has 0 aliphatic carbocycles. The van der Waals surface area contributed by atoms with Crippen LogP contribution in [0.1, 0.15) is 11.6 Å². The van der Waals surface area contributed by atoms with Crippen molar-refractivity contribution in [3.05, 3.63) is 66.2 Å². The molecule has 2 aromatic carbocycles. The van der Waals surface area contributed by atoms with Crippen LogP contribution in [0.25, 0.3) is 0 Å². The zero-order valence-electron chi connectivity index (χ0n) is 12.8. The van der Waals surface area contributed by atoms with E-state index in [2.05, 4.69) is 0 Å². The van der Waals surface area contributed by atoms with Crippen LogP contribution >= 0.6 is 0 Å². The number of hydrogen-bond donors (Lipinski definition) is 0. The predicted octanol–water partition coefficient (Wildman–Crippen LogP) is 2.40. The van der Waals surface area contributed by atoms with Gasteiger partial charge >= 0.3 is 0 Å². The highest BCUT2D eigenvalue weighted by atomic mass is 32.2. The van der Waals surface area contributed by atoms with E-state index < -0.39 is 10.8 Å². The van der Waals surface area contributed by atoms with E-state index in [1.54, 1.807) is 4.90 Å². The van der Waals surface area contributed by atoms with Gasteiger partial charge in [0.05, 0.1) is 6.04 Å². The molecule has 0 N–H and O–H groups in total. The highest BCUT2D eigenvalue weighted by Crippen LogP contribution is 2.25. The van der Waals surface area contributed by atoms with Gasteiger partial charge in [0.25, 0.3) is 5.91 Å². The lowest BCUT2D eigenvalue weighted by Gasteiger charge is -2.35. The summed E-state index contributed by atoms with van der Waals surface area (Å²) in [6.07, 6.45) is 0. The Morgan fingerprint density at radius 3 is 2.43 bits per heavy atom. The van der Waals surface area contributed by atoms with Gasteiger partial charge in [-0.05, 0) is 17.7 Å². The smallest absolute Gasteiger partial charge is 0.261 e. The van der Waals surface area contributed by atoms with E-state index in [4.69, 9.17) is 4.74 Å². The molecule has 1 fully saturated rings. The lowest BCUT2D eigenvalue weighted by atomic mass is 10.1. The average Bonchev–Trinajstić information content (AvgIpc) is 2.61. The Balaban J connectivity index is 1.70. The van der Waals surface area contributed by atoms with E-state index in [-0.39, 0.29) is 18.6 Å². The zero-order valence-corrected chi connectivity index (χ0v) is 13.6. The number of benzene rings is 2. The van der Waals surface area contributed by atoms with E-state index in [1.807, 2.05) is 60.7 Å². The van der Waals surface area contributed by atoms with Gasteiger partial charge in [0, 0.05) is 28.9 Å². The van der Waals surface area contributed by atoms with Crippen molar-refractivity contribution in [3.63, 3.8) is 0 Å². The minimum absolute atomic E-state index is 0.0000180. The third-order valence-electron chi connectivity index (χ3n) is 3.89. The first kappa shape index (κ1) is 15.7. The van der Waals surface area contributed by atoms with Crippen LogP contribution in [0.5, 0.6) is 5.75 Å². The molecule has 1 aliphatic heterocycles. The Labute approximate surface area is 138 Å². The summed E-state index contributed by atoms with van der Waals surface area (Å²) in [4.78, 5) is 14.4. The van der Waals surface area contributed by atoms with E-state index in [1.165, 1.54) is 0 Å². The maximum Gasteiger partial charge on any atom is 0.261 e. The lowest BCUT2D eigenvalue weighted by Crippen LogP contribution is -2.46. The summed E-state index contributed by atoms with van der Waals surface area (Å²) in [5, 5.41) is 0. The van der Waals surface area contributed by atoms with Crippen LogP contribution in [-0.4, -0.2) is 39.7 Å².